The summed E-state index contributed by atoms with van der Waals surface area (Å²) < 4.78 is 16.7. The highest BCUT2D eigenvalue weighted by molar-refractivity contribution is 7.51. The molecule has 2 atom stereocenters. The Morgan fingerprint density at radius 1 is 1.07 bits per heavy atom. The molecule has 0 heterocycles. The molecule has 9 heteroatoms. The molecule has 3 rings (SSSR count). The predicted octanol–water partition coefficient (Wildman–Crippen LogP) is 2.76. The zero-order chi connectivity index (χ0) is 21.8. The van der Waals surface area contributed by atoms with Crippen LogP contribution in [0.4, 0.5) is 4.79 Å². The number of carboxylic acid groups (broad SMARTS) is 1. The summed E-state index contributed by atoms with van der Waals surface area (Å²) >= 11 is 0. The van der Waals surface area contributed by atoms with Gasteiger partial charge in [-0.25, -0.2) is 4.79 Å². The van der Waals surface area contributed by atoms with Crippen molar-refractivity contribution in [3.05, 3.63) is 77.4 Å². The molecule has 2 aromatic carbocycles. The van der Waals surface area contributed by atoms with E-state index in [-0.39, 0.29) is 13.0 Å². The van der Waals surface area contributed by atoms with Crippen molar-refractivity contribution in [1.29, 1.82) is 0 Å². The summed E-state index contributed by atoms with van der Waals surface area (Å²) in [5.74, 6) is -1.58. The number of hydrogen-bond acceptors (Lipinski definition) is 4. The molecule has 4 N–H and O–H groups in total. The summed E-state index contributed by atoms with van der Waals surface area (Å²) in [5, 5.41) is 11.8. The van der Waals surface area contributed by atoms with Crippen molar-refractivity contribution in [2.75, 3.05) is 12.7 Å². The average Bonchev–Trinajstić information content (AvgIpc) is 3.04. The van der Waals surface area contributed by atoms with Gasteiger partial charge in [-0.1, -0.05) is 60.7 Å². The fourth-order valence-corrected chi connectivity index (χ4v) is 4.43. The summed E-state index contributed by atoms with van der Waals surface area (Å²) in [5.41, 5.74) is 0.706. The number of amides is 1. The largest absolute Gasteiger partial charge is 0.507 e. The molecule has 8 nitrogen and oxygen atoms in total. The van der Waals surface area contributed by atoms with Crippen molar-refractivity contribution in [1.82, 2.24) is 5.32 Å². The smallest absolute Gasteiger partial charge is 0.450 e. The molecule has 2 aromatic rings. The Morgan fingerprint density at radius 2 is 1.73 bits per heavy atom. The van der Waals surface area contributed by atoms with Crippen LogP contribution in [0.15, 0.2) is 60.7 Å². The van der Waals surface area contributed by atoms with Crippen LogP contribution in [0.1, 0.15) is 16.7 Å². The maximum atomic E-state index is 12.8. The minimum Gasteiger partial charge on any atom is -0.450 e. The first-order valence-corrected chi connectivity index (χ1v) is 11.1. The van der Waals surface area contributed by atoms with Gasteiger partial charge in [0.05, 0.1) is 18.6 Å². The van der Waals surface area contributed by atoms with Gasteiger partial charge in [-0.15, -0.1) is 0 Å². The summed E-state index contributed by atoms with van der Waals surface area (Å²) in [6.45, 7) is -0.196. The van der Waals surface area contributed by atoms with Crippen molar-refractivity contribution in [3.8, 4) is 0 Å². The van der Waals surface area contributed by atoms with Gasteiger partial charge in [0.25, 0.3) is 0 Å². The average molecular weight is 431 g/mol. The van der Waals surface area contributed by atoms with Crippen LogP contribution in [0.5, 0.6) is 0 Å². The van der Waals surface area contributed by atoms with Gasteiger partial charge in [0, 0.05) is 5.56 Å². The lowest BCUT2D eigenvalue weighted by Crippen LogP contribution is -2.44. The van der Waals surface area contributed by atoms with Crippen molar-refractivity contribution >= 4 is 25.7 Å². The number of fused-ring (bicyclic) bond motifs is 1. The van der Waals surface area contributed by atoms with E-state index in [0.29, 0.717) is 5.56 Å². The van der Waals surface area contributed by atoms with E-state index in [4.69, 9.17) is 4.74 Å². The molecule has 1 amide bonds. The van der Waals surface area contributed by atoms with E-state index >= 15 is 0 Å². The first-order valence-electron chi connectivity index (χ1n) is 9.25. The maximum absolute atomic E-state index is 12.8. The van der Waals surface area contributed by atoms with Crippen molar-refractivity contribution in [2.24, 2.45) is 5.92 Å². The predicted molar refractivity (Wildman–Crippen MR) is 110 cm³/mol. The van der Waals surface area contributed by atoms with E-state index < -0.39 is 37.3 Å². The third-order valence-electron chi connectivity index (χ3n) is 4.90. The number of carbonyl (C=O) groups excluding carboxylic acids is 1. The van der Waals surface area contributed by atoms with E-state index in [0.717, 1.165) is 11.1 Å². The molecule has 30 heavy (non-hydrogen) atoms. The monoisotopic (exact) mass is 431 g/mol. The molecule has 0 fully saturated rings. The standard InChI is InChI=1S/C21H22NO7P/c23-19(17(13-30(26,27)28)12-15-6-2-1-3-7-15)22-14-21(29-20(24)25)11-10-16-8-4-5-9-18(16)21/h1-11,17H,12-14H2,(H,22,23)(H,24,25)(H2,26,27,28). The Bertz CT molecular complexity index is 1000. The van der Waals surface area contributed by atoms with Crippen molar-refractivity contribution in [2.45, 2.75) is 12.0 Å². The second kappa shape index (κ2) is 8.83. The van der Waals surface area contributed by atoms with E-state index in [9.17, 15) is 29.0 Å². The second-order valence-corrected chi connectivity index (χ2v) is 8.82. The molecule has 1 aliphatic carbocycles. The minimum absolute atomic E-state index is 0.136. The Balaban J connectivity index is 1.79. The van der Waals surface area contributed by atoms with E-state index in [1.807, 2.05) is 0 Å². The van der Waals surface area contributed by atoms with Gasteiger partial charge >= 0.3 is 13.8 Å². The Hall–Kier alpha value is -2.93. The topological polar surface area (TPSA) is 133 Å². The minimum atomic E-state index is -4.45. The van der Waals surface area contributed by atoms with Crippen LogP contribution in [0, 0.1) is 5.92 Å². The Kier molecular flexibility index (Phi) is 6.41. The van der Waals surface area contributed by atoms with Crippen LogP contribution >= 0.6 is 7.60 Å². The van der Waals surface area contributed by atoms with Gasteiger partial charge in [-0.3, -0.25) is 9.36 Å². The van der Waals surface area contributed by atoms with Gasteiger partial charge in [0.15, 0.2) is 5.60 Å². The zero-order valence-corrected chi connectivity index (χ0v) is 16.9. The summed E-state index contributed by atoms with van der Waals surface area (Å²) in [6.07, 6.45) is 1.29. The highest BCUT2D eigenvalue weighted by Gasteiger charge is 2.40. The number of benzene rings is 2. The molecule has 0 aromatic heterocycles. The molecule has 158 valence electrons. The highest BCUT2D eigenvalue weighted by atomic mass is 31.2. The normalized spacial score (nSPS) is 18.5. The zero-order valence-electron chi connectivity index (χ0n) is 16.0. The SMILES string of the molecule is O=C(O)OC1(CNC(=O)C(Cc2ccccc2)CP(=O)(O)O)C=Cc2ccccc21. The summed E-state index contributed by atoms with van der Waals surface area (Å²) in [6, 6.07) is 15.9. The molecule has 0 saturated heterocycles. The van der Waals surface area contributed by atoms with Gasteiger partial charge in [-0.2, -0.15) is 0 Å². The first kappa shape index (κ1) is 21.8. The van der Waals surface area contributed by atoms with Gasteiger partial charge in [0.1, 0.15) is 0 Å². The molecular formula is C21H22NO7P. The number of rotatable bonds is 8. The van der Waals surface area contributed by atoms with Crippen LogP contribution in [0.2, 0.25) is 0 Å². The molecule has 0 bridgehead atoms. The second-order valence-electron chi connectivity index (χ2n) is 7.13. The van der Waals surface area contributed by atoms with Gasteiger partial charge < -0.3 is 24.9 Å². The van der Waals surface area contributed by atoms with Gasteiger partial charge in [-0.05, 0) is 23.6 Å². The van der Waals surface area contributed by atoms with E-state index in [2.05, 4.69) is 5.32 Å². The van der Waals surface area contributed by atoms with E-state index in [1.165, 1.54) is 0 Å². The van der Waals surface area contributed by atoms with E-state index in [1.54, 1.807) is 66.7 Å². The molecule has 2 unspecified atom stereocenters. The van der Waals surface area contributed by atoms with Crippen LogP contribution in [0.25, 0.3) is 6.08 Å². The summed E-state index contributed by atoms with van der Waals surface area (Å²) in [7, 11) is -4.45. The number of ether oxygens (including phenoxy) is 1. The van der Waals surface area contributed by atoms with Crippen LogP contribution in [-0.2, 0) is 26.1 Å². The lowest BCUT2D eigenvalue weighted by Gasteiger charge is -2.29. The first-order chi connectivity index (χ1) is 14.2. The van der Waals surface area contributed by atoms with Crippen molar-refractivity contribution in [3.63, 3.8) is 0 Å². The highest BCUT2D eigenvalue weighted by Crippen LogP contribution is 2.39. The number of carbonyl (C=O) groups is 2. The number of hydrogen-bond donors (Lipinski definition) is 4. The summed E-state index contributed by atoms with van der Waals surface area (Å²) in [4.78, 5) is 43.0. The lowest BCUT2D eigenvalue weighted by atomic mass is 9.94. The molecule has 0 radical (unpaired) electrons. The molecule has 0 saturated carbocycles. The number of nitrogens with one attached hydrogen (secondary N) is 1. The lowest BCUT2D eigenvalue weighted by molar-refractivity contribution is -0.125. The fraction of sp³-hybridized carbons (Fsp3) is 0.238. The van der Waals surface area contributed by atoms with Crippen molar-refractivity contribution < 1.29 is 33.8 Å². The maximum Gasteiger partial charge on any atom is 0.507 e. The quantitative estimate of drug-likeness (QED) is 0.373. The van der Waals surface area contributed by atoms with Crippen LogP contribution in [0.3, 0.4) is 0 Å². The Labute approximate surface area is 173 Å². The molecule has 0 aliphatic heterocycles. The van der Waals surface area contributed by atoms with Crippen LogP contribution in [-0.4, -0.2) is 39.7 Å². The van der Waals surface area contributed by atoms with Gasteiger partial charge in [0.2, 0.25) is 5.91 Å². The molecular weight excluding hydrogens is 409 g/mol. The van der Waals surface area contributed by atoms with Crippen LogP contribution < -0.4 is 5.32 Å². The molecule has 0 spiro atoms. The Morgan fingerprint density at radius 3 is 2.40 bits per heavy atom. The third kappa shape index (κ3) is 5.36. The third-order valence-corrected chi connectivity index (χ3v) is 5.81. The fourth-order valence-electron chi connectivity index (χ4n) is 3.57. The molecule has 1 aliphatic rings.